The Labute approximate surface area is 250 Å². The van der Waals surface area contributed by atoms with Crippen molar-refractivity contribution in [3.8, 4) is 0 Å². The number of benzene rings is 3. The van der Waals surface area contributed by atoms with E-state index in [-0.39, 0.29) is 12.3 Å². The summed E-state index contributed by atoms with van der Waals surface area (Å²) in [4.78, 5) is 24.7. The summed E-state index contributed by atoms with van der Waals surface area (Å²) in [6.45, 7) is 7.12. The number of hydrogen-bond donors (Lipinski definition) is 1. The summed E-state index contributed by atoms with van der Waals surface area (Å²) in [5.41, 5.74) is 3.28. The zero-order valence-electron chi connectivity index (χ0n) is 24.9. The maximum Gasteiger partial charge on any atom is 0.305 e. The summed E-state index contributed by atoms with van der Waals surface area (Å²) in [5, 5.41) is 8.35. The van der Waals surface area contributed by atoms with Crippen molar-refractivity contribution in [2.45, 2.75) is 45.8 Å². The van der Waals surface area contributed by atoms with Crippen LogP contribution in [0.25, 0.3) is 0 Å². The summed E-state index contributed by atoms with van der Waals surface area (Å²) in [7, 11) is 0. The third kappa shape index (κ3) is 15.4. The maximum atomic E-state index is 12.9. The molecule has 0 radical (unpaired) electrons. The standard InChI is InChI=1S/C23H31NO4.C11H14O3/c1-3-27-23(28-4-2)19-24(21-13-9-6-10-14-21)22(25)16-18-26-17-15-20-11-7-5-8-12-20;12-11(13)7-9-14-8-6-10-4-2-1-3-5-10/h5-14,23H,3-4,15-19H2,1-2H3;1-5H,6-9H2,(H,12,13). The molecule has 0 atom stereocenters. The highest BCUT2D eigenvalue weighted by Crippen LogP contribution is 2.16. The van der Waals surface area contributed by atoms with Crippen LogP contribution in [0.5, 0.6) is 0 Å². The first-order chi connectivity index (χ1) is 20.5. The molecule has 0 aliphatic rings. The van der Waals surface area contributed by atoms with Gasteiger partial charge in [-0.3, -0.25) is 9.59 Å². The Kier molecular flexibility index (Phi) is 18.2. The third-order valence-electron chi connectivity index (χ3n) is 6.08. The molecule has 0 bridgehead atoms. The highest BCUT2D eigenvalue weighted by atomic mass is 16.7. The van der Waals surface area contributed by atoms with Gasteiger partial charge in [0, 0.05) is 18.9 Å². The van der Waals surface area contributed by atoms with E-state index in [2.05, 4.69) is 12.1 Å². The van der Waals surface area contributed by atoms with E-state index in [0.29, 0.717) is 52.6 Å². The van der Waals surface area contributed by atoms with Gasteiger partial charge in [0.05, 0.1) is 45.8 Å². The van der Waals surface area contributed by atoms with Crippen LogP contribution in [0.2, 0.25) is 0 Å². The minimum absolute atomic E-state index is 0.00434. The van der Waals surface area contributed by atoms with Crippen LogP contribution in [-0.4, -0.2) is 69.5 Å². The molecule has 0 aliphatic carbocycles. The fourth-order valence-corrected chi connectivity index (χ4v) is 3.96. The second-order valence-electron chi connectivity index (χ2n) is 9.27. The van der Waals surface area contributed by atoms with Gasteiger partial charge in [-0.25, -0.2) is 0 Å². The smallest absolute Gasteiger partial charge is 0.305 e. The molecular formula is C34H45NO7. The zero-order chi connectivity index (χ0) is 30.3. The number of carbonyl (C=O) groups is 2. The highest BCUT2D eigenvalue weighted by Gasteiger charge is 2.21. The molecule has 8 nitrogen and oxygen atoms in total. The molecule has 3 rings (SSSR count). The van der Waals surface area contributed by atoms with Crippen LogP contribution in [0, 0.1) is 0 Å². The zero-order valence-corrected chi connectivity index (χ0v) is 24.9. The molecule has 0 aliphatic heterocycles. The van der Waals surface area contributed by atoms with Gasteiger partial charge < -0.3 is 29.0 Å². The largest absolute Gasteiger partial charge is 0.481 e. The van der Waals surface area contributed by atoms with Crippen molar-refractivity contribution >= 4 is 17.6 Å². The molecular weight excluding hydrogens is 534 g/mol. The van der Waals surface area contributed by atoms with Gasteiger partial charge in [-0.2, -0.15) is 0 Å². The number of nitrogens with zero attached hydrogens (tertiary/aromatic N) is 1. The van der Waals surface area contributed by atoms with Crippen molar-refractivity contribution in [2.24, 2.45) is 0 Å². The van der Waals surface area contributed by atoms with Crippen molar-refractivity contribution < 1.29 is 33.6 Å². The SMILES string of the molecule is CCOC(CN(C(=O)CCOCCc1ccccc1)c1ccccc1)OCC.O=C(O)CCOCCc1ccccc1. The third-order valence-corrected chi connectivity index (χ3v) is 6.08. The van der Waals surface area contributed by atoms with Crippen LogP contribution < -0.4 is 4.90 Å². The lowest BCUT2D eigenvalue weighted by Crippen LogP contribution is -2.40. The van der Waals surface area contributed by atoms with E-state index in [4.69, 9.17) is 24.1 Å². The van der Waals surface area contributed by atoms with Gasteiger partial charge in [-0.05, 0) is 49.9 Å². The van der Waals surface area contributed by atoms with Crippen LogP contribution in [0.15, 0.2) is 91.0 Å². The van der Waals surface area contributed by atoms with Crippen molar-refractivity contribution in [2.75, 3.05) is 51.1 Å². The summed E-state index contributed by atoms with van der Waals surface area (Å²) in [6.07, 6.45) is 1.62. The van der Waals surface area contributed by atoms with E-state index in [1.54, 1.807) is 4.90 Å². The van der Waals surface area contributed by atoms with Crippen molar-refractivity contribution in [1.82, 2.24) is 0 Å². The Hall–Kier alpha value is -3.56. The molecule has 0 fully saturated rings. The maximum absolute atomic E-state index is 12.9. The Morgan fingerprint density at radius 1 is 0.667 bits per heavy atom. The molecule has 0 unspecified atom stereocenters. The van der Waals surface area contributed by atoms with E-state index >= 15 is 0 Å². The number of carboxylic acids is 1. The predicted molar refractivity (Wildman–Crippen MR) is 165 cm³/mol. The first-order valence-corrected chi connectivity index (χ1v) is 14.6. The first kappa shape index (κ1) is 34.6. The number of rotatable bonds is 19. The molecule has 0 saturated carbocycles. The highest BCUT2D eigenvalue weighted by molar-refractivity contribution is 5.93. The van der Waals surface area contributed by atoms with E-state index < -0.39 is 12.3 Å². The molecule has 3 aromatic rings. The summed E-state index contributed by atoms with van der Waals surface area (Å²) < 4.78 is 22.1. The van der Waals surface area contributed by atoms with Gasteiger partial charge in [0.15, 0.2) is 6.29 Å². The molecule has 228 valence electrons. The lowest BCUT2D eigenvalue weighted by molar-refractivity contribution is -0.138. The molecule has 0 aromatic heterocycles. The number of para-hydroxylation sites is 1. The molecule has 0 saturated heterocycles. The van der Waals surface area contributed by atoms with Crippen LogP contribution in [0.3, 0.4) is 0 Å². The number of ether oxygens (including phenoxy) is 4. The van der Waals surface area contributed by atoms with Crippen molar-refractivity contribution in [3.63, 3.8) is 0 Å². The van der Waals surface area contributed by atoms with E-state index in [1.807, 2.05) is 92.7 Å². The summed E-state index contributed by atoms with van der Waals surface area (Å²) >= 11 is 0. The lowest BCUT2D eigenvalue weighted by atomic mass is 10.2. The number of carboxylic acid groups (broad SMARTS) is 1. The topological polar surface area (TPSA) is 94.5 Å². The fourth-order valence-electron chi connectivity index (χ4n) is 3.96. The molecule has 8 heteroatoms. The average Bonchev–Trinajstić information content (AvgIpc) is 3.01. The molecule has 3 aromatic carbocycles. The average molecular weight is 580 g/mol. The van der Waals surface area contributed by atoms with Gasteiger partial charge >= 0.3 is 5.97 Å². The number of hydrogen-bond acceptors (Lipinski definition) is 6. The van der Waals surface area contributed by atoms with Gasteiger partial charge in [-0.1, -0.05) is 78.9 Å². The Balaban J connectivity index is 0.000000369. The van der Waals surface area contributed by atoms with Crippen molar-refractivity contribution in [1.29, 1.82) is 0 Å². The monoisotopic (exact) mass is 579 g/mol. The Morgan fingerprint density at radius 3 is 1.57 bits per heavy atom. The summed E-state index contributed by atoms with van der Waals surface area (Å²) in [5.74, 6) is -0.819. The van der Waals surface area contributed by atoms with Crippen LogP contribution in [0.4, 0.5) is 5.69 Å². The summed E-state index contributed by atoms with van der Waals surface area (Å²) in [6, 6.07) is 29.8. The number of amides is 1. The van der Waals surface area contributed by atoms with E-state index in [0.717, 1.165) is 18.5 Å². The van der Waals surface area contributed by atoms with E-state index in [1.165, 1.54) is 11.1 Å². The Bertz CT molecular complexity index is 1090. The van der Waals surface area contributed by atoms with Crippen LogP contribution >= 0.6 is 0 Å². The quantitative estimate of drug-likeness (QED) is 0.142. The number of anilines is 1. The van der Waals surface area contributed by atoms with Gasteiger partial charge in [0.1, 0.15) is 0 Å². The lowest BCUT2D eigenvalue weighted by Gasteiger charge is -2.27. The second kappa shape index (κ2) is 22.1. The first-order valence-electron chi connectivity index (χ1n) is 14.6. The molecule has 1 amide bonds. The van der Waals surface area contributed by atoms with Crippen LogP contribution in [-0.2, 0) is 41.4 Å². The number of carbonyl (C=O) groups excluding carboxylic acids is 1. The minimum Gasteiger partial charge on any atom is -0.481 e. The van der Waals surface area contributed by atoms with Gasteiger partial charge in [-0.15, -0.1) is 0 Å². The molecule has 1 N–H and O–H groups in total. The Morgan fingerprint density at radius 2 is 1.12 bits per heavy atom. The van der Waals surface area contributed by atoms with Gasteiger partial charge in [0.25, 0.3) is 0 Å². The normalized spacial score (nSPS) is 10.6. The van der Waals surface area contributed by atoms with Crippen LogP contribution in [0.1, 0.15) is 37.8 Å². The van der Waals surface area contributed by atoms with E-state index in [9.17, 15) is 9.59 Å². The van der Waals surface area contributed by atoms with Gasteiger partial charge in [0.2, 0.25) is 5.91 Å². The predicted octanol–water partition coefficient (Wildman–Crippen LogP) is 5.79. The molecule has 0 spiro atoms. The molecule has 0 heterocycles. The number of aliphatic carboxylic acids is 1. The van der Waals surface area contributed by atoms with Crippen molar-refractivity contribution in [3.05, 3.63) is 102 Å². The molecule has 42 heavy (non-hydrogen) atoms. The second-order valence-corrected chi connectivity index (χ2v) is 9.27. The minimum atomic E-state index is -0.815. The fraction of sp³-hybridized carbons (Fsp3) is 0.412.